The summed E-state index contributed by atoms with van der Waals surface area (Å²) in [4.78, 5) is 7.96. The van der Waals surface area contributed by atoms with Gasteiger partial charge in [-0.15, -0.1) is 0 Å². The standard InChI is InChI=1S/C13H14Cl2N4O/c1-16-11-12(15)18-7-19-13(11)17-6-10(20)8-4-2-3-5-9(8)14/h2-5,7,10,16,20H,6H2,1H3,(H,17,18,19). The molecule has 0 aliphatic carbocycles. The van der Waals surface area contributed by atoms with Crippen LogP contribution in [0, 0.1) is 0 Å². The smallest absolute Gasteiger partial charge is 0.157 e. The molecule has 1 aromatic heterocycles. The highest BCUT2D eigenvalue weighted by Gasteiger charge is 2.13. The van der Waals surface area contributed by atoms with Crippen LogP contribution in [0.5, 0.6) is 0 Å². The van der Waals surface area contributed by atoms with E-state index in [1.807, 2.05) is 12.1 Å². The molecule has 0 radical (unpaired) electrons. The molecule has 2 rings (SSSR count). The number of anilines is 2. The molecule has 7 heteroatoms. The highest BCUT2D eigenvalue weighted by Crippen LogP contribution is 2.27. The fourth-order valence-corrected chi connectivity index (χ4v) is 2.26. The minimum absolute atomic E-state index is 0.256. The van der Waals surface area contributed by atoms with E-state index in [0.29, 0.717) is 27.2 Å². The van der Waals surface area contributed by atoms with Crippen molar-refractivity contribution in [3.63, 3.8) is 0 Å². The van der Waals surface area contributed by atoms with Crippen LogP contribution >= 0.6 is 23.2 Å². The number of aliphatic hydroxyl groups is 1. The van der Waals surface area contributed by atoms with Gasteiger partial charge < -0.3 is 15.7 Å². The summed E-state index contributed by atoms with van der Waals surface area (Å²) in [5, 5.41) is 16.9. The lowest BCUT2D eigenvalue weighted by Crippen LogP contribution is -2.14. The predicted molar refractivity (Wildman–Crippen MR) is 81.5 cm³/mol. The Kier molecular flexibility index (Phi) is 5.00. The second-order valence-corrected chi connectivity index (χ2v) is 4.82. The van der Waals surface area contributed by atoms with Crippen LogP contribution in [0.4, 0.5) is 11.5 Å². The van der Waals surface area contributed by atoms with Gasteiger partial charge in [0, 0.05) is 24.2 Å². The highest BCUT2D eigenvalue weighted by molar-refractivity contribution is 6.32. The van der Waals surface area contributed by atoms with Crippen LogP contribution in [0.2, 0.25) is 10.2 Å². The van der Waals surface area contributed by atoms with Crippen molar-refractivity contribution < 1.29 is 5.11 Å². The molecule has 0 aliphatic heterocycles. The van der Waals surface area contributed by atoms with Crippen molar-refractivity contribution in [3.8, 4) is 0 Å². The first-order valence-electron chi connectivity index (χ1n) is 5.98. The van der Waals surface area contributed by atoms with Crippen LogP contribution in [0.25, 0.3) is 0 Å². The minimum Gasteiger partial charge on any atom is -0.387 e. The van der Waals surface area contributed by atoms with Gasteiger partial charge in [0.05, 0.1) is 6.10 Å². The molecule has 1 atom stereocenters. The Labute approximate surface area is 127 Å². The Balaban J connectivity index is 2.09. The molecule has 2 aromatic rings. The summed E-state index contributed by atoms with van der Waals surface area (Å²) >= 11 is 12.0. The number of hydrogen-bond donors (Lipinski definition) is 3. The van der Waals surface area contributed by atoms with Gasteiger partial charge in [-0.25, -0.2) is 9.97 Å². The quantitative estimate of drug-likeness (QED) is 0.740. The molecular formula is C13H14Cl2N4O. The van der Waals surface area contributed by atoms with E-state index in [4.69, 9.17) is 23.2 Å². The molecule has 0 fully saturated rings. The number of aromatic nitrogens is 2. The third-order valence-electron chi connectivity index (χ3n) is 2.78. The molecule has 0 amide bonds. The van der Waals surface area contributed by atoms with Crippen molar-refractivity contribution in [2.75, 3.05) is 24.2 Å². The molecule has 0 spiro atoms. The largest absolute Gasteiger partial charge is 0.387 e. The zero-order valence-corrected chi connectivity index (χ0v) is 12.3. The van der Waals surface area contributed by atoms with E-state index in [9.17, 15) is 5.11 Å². The lowest BCUT2D eigenvalue weighted by atomic mass is 10.1. The van der Waals surface area contributed by atoms with E-state index in [1.54, 1.807) is 19.2 Å². The van der Waals surface area contributed by atoms with Crippen molar-refractivity contribution in [3.05, 3.63) is 46.3 Å². The van der Waals surface area contributed by atoms with E-state index in [0.717, 1.165) is 0 Å². The van der Waals surface area contributed by atoms with Crippen LogP contribution in [0.15, 0.2) is 30.6 Å². The Morgan fingerprint density at radius 2 is 2.00 bits per heavy atom. The average Bonchev–Trinajstić information content (AvgIpc) is 2.45. The number of nitrogens with zero attached hydrogens (tertiary/aromatic N) is 2. The zero-order chi connectivity index (χ0) is 14.5. The molecule has 1 unspecified atom stereocenters. The van der Waals surface area contributed by atoms with Gasteiger partial charge >= 0.3 is 0 Å². The number of nitrogens with one attached hydrogen (secondary N) is 2. The summed E-state index contributed by atoms with van der Waals surface area (Å²) in [6.07, 6.45) is 0.607. The molecule has 5 nitrogen and oxygen atoms in total. The summed E-state index contributed by atoms with van der Waals surface area (Å²) in [5.41, 5.74) is 1.24. The first kappa shape index (κ1) is 14.8. The molecule has 3 N–H and O–H groups in total. The lowest BCUT2D eigenvalue weighted by molar-refractivity contribution is 0.191. The summed E-state index contributed by atoms with van der Waals surface area (Å²) in [6, 6.07) is 7.15. The van der Waals surface area contributed by atoms with Crippen molar-refractivity contribution in [2.45, 2.75) is 6.10 Å². The van der Waals surface area contributed by atoms with Crippen LogP contribution in [0.3, 0.4) is 0 Å². The van der Waals surface area contributed by atoms with Gasteiger partial charge in [0.1, 0.15) is 12.0 Å². The average molecular weight is 313 g/mol. The first-order chi connectivity index (χ1) is 9.63. The van der Waals surface area contributed by atoms with E-state index in [1.165, 1.54) is 6.33 Å². The van der Waals surface area contributed by atoms with Crippen molar-refractivity contribution in [1.82, 2.24) is 9.97 Å². The van der Waals surface area contributed by atoms with E-state index < -0.39 is 6.10 Å². The predicted octanol–water partition coefficient (Wildman–Crippen LogP) is 2.97. The zero-order valence-electron chi connectivity index (χ0n) is 10.8. The monoisotopic (exact) mass is 312 g/mol. The van der Waals surface area contributed by atoms with Crippen molar-refractivity contribution in [1.29, 1.82) is 0 Å². The van der Waals surface area contributed by atoms with Crippen LogP contribution in [0.1, 0.15) is 11.7 Å². The molecule has 106 valence electrons. The van der Waals surface area contributed by atoms with Gasteiger partial charge in [-0.1, -0.05) is 41.4 Å². The topological polar surface area (TPSA) is 70.1 Å². The molecule has 20 heavy (non-hydrogen) atoms. The van der Waals surface area contributed by atoms with Gasteiger partial charge in [0.25, 0.3) is 0 Å². The van der Waals surface area contributed by atoms with Crippen molar-refractivity contribution >= 4 is 34.7 Å². The minimum atomic E-state index is -0.748. The van der Waals surface area contributed by atoms with E-state index >= 15 is 0 Å². The Hall–Kier alpha value is -1.56. The lowest BCUT2D eigenvalue weighted by Gasteiger charge is -2.16. The summed E-state index contributed by atoms with van der Waals surface area (Å²) in [5.74, 6) is 0.526. The Morgan fingerprint density at radius 1 is 1.25 bits per heavy atom. The maximum absolute atomic E-state index is 10.2. The van der Waals surface area contributed by atoms with Crippen LogP contribution < -0.4 is 10.6 Å². The van der Waals surface area contributed by atoms with Gasteiger partial charge in [-0.2, -0.15) is 0 Å². The molecule has 1 heterocycles. The number of aliphatic hydroxyl groups excluding tert-OH is 1. The van der Waals surface area contributed by atoms with Crippen LogP contribution in [-0.4, -0.2) is 28.7 Å². The van der Waals surface area contributed by atoms with E-state index in [-0.39, 0.29) is 6.54 Å². The number of benzene rings is 1. The first-order valence-corrected chi connectivity index (χ1v) is 6.73. The summed E-state index contributed by atoms with van der Waals surface area (Å²) in [6.45, 7) is 0.256. The number of halogens is 2. The molecule has 0 bridgehead atoms. The fraction of sp³-hybridized carbons (Fsp3) is 0.231. The normalized spacial score (nSPS) is 12.0. The Morgan fingerprint density at radius 3 is 2.70 bits per heavy atom. The van der Waals surface area contributed by atoms with Gasteiger partial charge in [-0.3, -0.25) is 0 Å². The molecule has 0 saturated carbocycles. The third kappa shape index (κ3) is 3.30. The summed E-state index contributed by atoms with van der Waals surface area (Å²) < 4.78 is 0. The SMILES string of the molecule is CNc1c(Cl)ncnc1NCC(O)c1ccccc1Cl. The fourth-order valence-electron chi connectivity index (χ4n) is 1.77. The van der Waals surface area contributed by atoms with Crippen LogP contribution in [-0.2, 0) is 0 Å². The Bertz CT molecular complexity index is 594. The molecular weight excluding hydrogens is 299 g/mol. The van der Waals surface area contributed by atoms with Gasteiger partial charge in [0.15, 0.2) is 11.0 Å². The molecule has 1 aromatic carbocycles. The highest BCUT2D eigenvalue weighted by atomic mass is 35.5. The van der Waals surface area contributed by atoms with Crippen molar-refractivity contribution in [2.24, 2.45) is 0 Å². The van der Waals surface area contributed by atoms with E-state index in [2.05, 4.69) is 20.6 Å². The molecule has 0 aliphatic rings. The number of rotatable bonds is 5. The van der Waals surface area contributed by atoms with Gasteiger partial charge in [0.2, 0.25) is 0 Å². The second kappa shape index (κ2) is 6.74. The molecule has 0 saturated heterocycles. The second-order valence-electron chi connectivity index (χ2n) is 4.06. The maximum Gasteiger partial charge on any atom is 0.157 e. The third-order valence-corrected chi connectivity index (χ3v) is 3.41. The number of hydrogen-bond acceptors (Lipinski definition) is 5. The summed E-state index contributed by atoms with van der Waals surface area (Å²) in [7, 11) is 1.72. The van der Waals surface area contributed by atoms with Gasteiger partial charge in [-0.05, 0) is 6.07 Å². The maximum atomic E-state index is 10.2.